The Morgan fingerprint density at radius 1 is 0.895 bits per heavy atom. The van der Waals surface area contributed by atoms with Crippen LogP contribution in [0.4, 0.5) is 5.82 Å². The molecule has 0 fully saturated rings. The van der Waals surface area contributed by atoms with Crippen molar-refractivity contribution in [3.05, 3.63) is 100.0 Å². The van der Waals surface area contributed by atoms with Crippen molar-refractivity contribution in [1.82, 2.24) is 34.3 Å². The Morgan fingerprint density at radius 2 is 1.68 bits per heavy atom. The summed E-state index contributed by atoms with van der Waals surface area (Å²) in [5.41, 5.74) is 18.0. The van der Waals surface area contributed by atoms with Crippen LogP contribution in [-0.2, 0) is 13.1 Å². The average Bonchev–Trinajstić information content (AvgIpc) is 3.29. The van der Waals surface area contributed by atoms with E-state index in [2.05, 4.69) is 15.0 Å². The molecule has 0 amide bonds. The first-order valence-corrected chi connectivity index (χ1v) is 12.2. The zero-order valence-electron chi connectivity index (χ0n) is 21.0. The largest absolute Gasteiger partial charge is 0.383 e. The van der Waals surface area contributed by atoms with Gasteiger partial charge in [0.25, 0.3) is 5.56 Å². The first kappa shape index (κ1) is 23.4. The molecule has 0 bridgehead atoms. The number of fused-ring (bicyclic) bond motifs is 2. The van der Waals surface area contributed by atoms with E-state index >= 15 is 0 Å². The van der Waals surface area contributed by atoms with Gasteiger partial charge in [0.1, 0.15) is 30.2 Å². The Labute approximate surface area is 217 Å². The molecule has 2 aromatic carbocycles. The van der Waals surface area contributed by atoms with E-state index in [1.165, 1.54) is 6.33 Å². The lowest BCUT2D eigenvalue weighted by atomic mass is 10.0. The predicted octanol–water partition coefficient (Wildman–Crippen LogP) is 3.29. The Hall–Kier alpha value is -4.96. The van der Waals surface area contributed by atoms with Gasteiger partial charge >= 0.3 is 0 Å². The lowest BCUT2D eigenvalue weighted by Gasteiger charge is -2.16. The molecular formula is C28H25N9O. The van der Waals surface area contributed by atoms with Crippen LogP contribution in [0.2, 0.25) is 0 Å². The maximum absolute atomic E-state index is 13.9. The molecule has 0 saturated carbocycles. The van der Waals surface area contributed by atoms with E-state index in [1.807, 2.05) is 68.4 Å². The van der Waals surface area contributed by atoms with Crippen LogP contribution in [0.1, 0.15) is 22.5 Å². The van der Waals surface area contributed by atoms with Gasteiger partial charge in [0.2, 0.25) is 0 Å². The molecule has 6 rings (SSSR count). The topological polar surface area (TPSA) is 143 Å². The molecule has 6 aromatic rings. The van der Waals surface area contributed by atoms with Crippen molar-refractivity contribution >= 4 is 27.9 Å². The molecule has 0 spiro atoms. The van der Waals surface area contributed by atoms with E-state index < -0.39 is 0 Å². The van der Waals surface area contributed by atoms with E-state index in [-0.39, 0.29) is 12.1 Å². The van der Waals surface area contributed by atoms with E-state index in [9.17, 15) is 4.79 Å². The lowest BCUT2D eigenvalue weighted by Crippen LogP contribution is -2.27. The maximum Gasteiger partial charge on any atom is 0.267 e. The van der Waals surface area contributed by atoms with Crippen LogP contribution in [-0.4, -0.2) is 34.3 Å². The molecule has 0 unspecified atom stereocenters. The Bertz CT molecular complexity index is 1910. The second-order valence-electron chi connectivity index (χ2n) is 9.11. The van der Waals surface area contributed by atoms with E-state index in [4.69, 9.17) is 21.5 Å². The normalized spacial score (nSPS) is 11.4. The summed E-state index contributed by atoms with van der Waals surface area (Å²) in [5.74, 6) is 0.776. The summed E-state index contributed by atoms with van der Waals surface area (Å²) in [6, 6.07) is 17.3. The molecule has 38 heavy (non-hydrogen) atoms. The SMILES string of the molecule is Cc1ccccc1-n1c(Cn2nc(-c3ccccc3CN)c3c(N)ncnc32)nc2nccc(C)c2c1=O. The summed E-state index contributed by atoms with van der Waals surface area (Å²) in [6.45, 7) is 4.33. The van der Waals surface area contributed by atoms with Gasteiger partial charge in [-0.2, -0.15) is 5.10 Å². The van der Waals surface area contributed by atoms with Gasteiger partial charge in [0, 0.05) is 18.3 Å². The van der Waals surface area contributed by atoms with Crippen molar-refractivity contribution < 1.29 is 0 Å². The number of benzene rings is 2. The predicted molar refractivity (Wildman–Crippen MR) is 147 cm³/mol. The molecule has 10 heteroatoms. The number of pyridine rings is 1. The first-order valence-electron chi connectivity index (χ1n) is 12.2. The third-order valence-corrected chi connectivity index (χ3v) is 6.75. The standard InChI is InChI=1S/C28H25N9O/c1-16-7-3-6-10-20(16)37-21(34-26-22(28(37)38)17(2)11-12-31-26)14-36-27-23(25(30)32-15-33-27)24(35-36)19-9-5-4-8-18(19)13-29/h3-12,15H,13-14,29H2,1-2H3,(H2,30,32,33). The number of rotatable bonds is 5. The van der Waals surface area contributed by atoms with Crippen LogP contribution in [0.5, 0.6) is 0 Å². The summed E-state index contributed by atoms with van der Waals surface area (Å²) >= 11 is 0. The Kier molecular flexibility index (Phi) is 5.65. The van der Waals surface area contributed by atoms with Crippen LogP contribution in [0.3, 0.4) is 0 Å². The third-order valence-electron chi connectivity index (χ3n) is 6.75. The van der Waals surface area contributed by atoms with Crippen molar-refractivity contribution in [2.24, 2.45) is 5.73 Å². The van der Waals surface area contributed by atoms with Crippen LogP contribution >= 0.6 is 0 Å². The minimum Gasteiger partial charge on any atom is -0.383 e. The third kappa shape index (κ3) is 3.70. The molecule has 0 aliphatic carbocycles. The van der Waals surface area contributed by atoms with Crippen molar-refractivity contribution in [3.8, 4) is 16.9 Å². The fourth-order valence-electron chi connectivity index (χ4n) is 4.86. The number of anilines is 1. The first-order chi connectivity index (χ1) is 18.5. The van der Waals surface area contributed by atoms with Gasteiger partial charge < -0.3 is 11.5 Å². The fraction of sp³-hybridized carbons (Fsp3) is 0.143. The number of nitrogens with zero attached hydrogens (tertiary/aromatic N) is 7. The number of para-hydroxylation sites is 1. The number of aryl methyl sites for hydroxylation is 2. The number of hydrogen-bond donors (Lipinski definition) is 2. The molecule has 188 valence electrons. The van der Waals surface area contributed by atoms with Gasteiger partial charge in [-0.1, -0.05) is 42.5 Å². The van der Waals surface area contributed by atoms with Crippen LogP contribution in [0.15, 0.2) is 71.9 Å². The monoisotopic (exact) mass is 503 g/mol. The molecule has 0 atom stereocenters. The Morgan fingerprint density at radius 3 is 2.50 bits per heavy atom. The second-order valence-corrected chi connectivity index (χ2v) is 9.11. The molecule has 0 aliphatic heterocycles. The number of hydrogen-bond acceptors (Lipinski definition) is 8. The number of nitrogen functional groups attached to an aromatic ring is 1. The Balaban J connectivity index is 1.63. The van der Waals surface area contributed by atoms with E-state index in [1.54, 1.807) is 15.4 Å². The lowest BCUT2D eigenvalue weighted by molar-refractivity contribution is 0.649. The highest BCUT2D eigenvalue weighted by Gasteiger charge is 2.22. The van der Waals surface area contributed by atoms with E-state index in [0.29, 0.717) is 45.9 Å². The van der Waals surface area contributed by atoms with Gasteiger partial charge in [-0.15, -0.1) is 0 Å². The molecule has 0 saturated heterocycles. The van der Waals surface area contributed by atoms with Gasteiger partial charge in [-0.3, -0.25) is 9.36 Å². The molecular weight excluding hydrogens is 478 g/mol. The quantitative estimate of drug-likeness (QED) is 0.365. The van der Waals surface area contributed by atoms with Gasteiger partial charge in [-0.05, 0) is 42.7 Å². The molecule has 10 nitrogen and oxygen atoms in total. The molecule has 0 radical (unpaired) electrons. The zero-order chi connectivity index (χ0) is 26.4. The summed E-state index contributed by atoms with van der Waals surface area (Å²) < 4.78 is 3.34. The number of nitrogens with two attached hydrogens (primary N) is 2. The molecule has 4 aromatic heterocycles. The van der Waals surface area contributed by atoms with E-state index in [0.717, 1.165) is 27.9 Å². The summed E-state index contributed by atoms with van der Waals surface area (Å²) in [7, 11) is 0. The minimum atomic E-state index is -0.191. The maximum atomic E-state index is 13.9. The van der Waals surface area contributed by atoms with Gasteiger partial charge in [0.15, 0.2) is 11.3 Å². The van der Waals surface area contributed by atoms with Crippen LogP contribution < -0.4 is 17.0 Å². The second kappa shape index (κ2) is 9.16. The summed E-state index contributed by atoms with van der Waals surface area (Å²) in [5, 5.41) is 6.01. The smallest absolute Gasteiger partial charge is 0.267 e. The highest BCUT2D eigenvalue weighted by atomic mass is 16.1. The van der Waals surface area contributed by atoms with Crippen molar-refractivity contribution in [2.45, 2.75) is 26.9 Å². The molecule has 4 heterocycles. The number of aromatic nitrogens is 7. The summed E-state index contributed by atoms with van der Waals surface area (Å²) in [6.07, 6.45) is 3.06. The highest BCUT2D eigenvalue weighted by Crippen LogP contribution is 2.32. The van der Waals surface area contributed by atoms with Crippen molar-refractivity contribution in [1.29, 1.82) is 0 Å². The molecule has 4 N–H and O–H groups in total. The van der Waals surface area contributed by atoms with Gasteiger partial charge in [-0.25, -0.2) is 24.6 Å². The van der Waals surface area contributed by atoms with Crippen molar-refractivity contribution in [3.63, 3.8) is 0 Å². The molecule has 0 aliphatic rings. The van der Waals surface area contributed by atoms with Crippen molar-refractivity contribution in [2.75, 3.05) is 5.73 Å². The minimum absolute atomic E-state index is 0.146. The zero-order valence-corrected chi connectivity index (χ0v) is 21.0. The summed E-state index contributed by atoms with van der Waals surface area (Å²) in [4.78, 5) is 31.9. The van der Waals surface area contributed by atoms with Gasteiger partial charge in [0.05, 0.1) is 16.5 Å². The fourth-order valence-corrected chi connectivity index (χ4v) is 4.86. The van der Waals surface area contributed by atoms with Crippen LogP contribution in [0.25, 0.3) is 39.0 Å². The average molecular weight is 504 g/mol. The highest BCUT2D eigenvalue weighted by molar-refractivity contribution is 5.98. The van der Waals surface area contributed by atoms with Crippen LogP contribution in [0, 0.1) is 13.8 Å².